The van der Waals surface area contributed by atoms with Crippen LogP contribution >= 0.6 is 0 Å². The van der Waals surface area contributed by atoms with E-state index in [-0.39, 0.29) is 5.91 Å². The minimum Gasteiger partial charge on any atom is -0.492 e. The maximum Gasteiger partial charge on any atom is 0.220 e. The number of carbonyl (C=O) groups excluding carboxylic acids is 1. The number of hydrogen-bond acceptors (Lipinski definition) is 3. The highest BCUT2D eigenvalue weighted by atomic mass is 16.5. The summed E-state index contributed by atoms with van der Waals surface area (Å²) in [6.45, 7) is 4.43. The molecule has 4 nitrogen and oxygen atoms in total. The Bertz CT molecular complexity index is 431. The van der Waals surface area contributed by atoms with Gasteiger partial charge in [0.05, 0.1) is 0 Å². The van der Waals surface area contributed by atoms with Crippen molar-refractivity contribution < 1.29 is 9.53 Å². The Hall–Kier alpha value is -1.55. The van der Waals surface area contributed by atoms with E-state index in [4.69, 9.17) is 4.74 Å². The van der Waals surface area contributed by atoms with Crippen LogP contribution in [-0.2, 0) is 11.2 Å². The van der Waals surface area contributed by atoms with Crippen molar-refractivity contribution in [3.05, 3.63) is 29.8 Å². The van der Waals surface area contributed by atoms with Crippen LogP contribution in [-0.4, -0.2) is 31.6 Å². The van der Waals surface area contributed by atoms with Gasteiger partial charge >= 0.3 is 0 Å². The fraction of sp³-hybridized carbons (Fsp3) is 0.588. The van der Waals surface area contributed by atoms with Crippen molar-refractivity contribution in [1.29, 1.82) is 0 Å². The second-order valence-electron chi connectivity index (χ2n) is 5.57. The highest BCUT2D eigenvalue weighted by molar-refractivity contribution is 5.76. The maximum atomic E-state index is 11.3. The Balaban J connectivity index is 1.63. The Morgan fingerprint density at radius 2 is 2.10 bits per heavy atom. The van der Waals surface area contributed by atoms with E-state index >= 15 is 0 Å². The fourth-order valence-corrected chi connectivity index (χ4v) is 2.60. The molecule has 1 aliphatic rings. The van der Waals surface area contributed by atoms with E-state index in [9.17, 15) is 4.79 Å². The van der Waals surface area contributed by atoms with Crippen molar-refractivity contribution >= 4 is 5.91 Å². The first-order chi connectivity index (χ1) is 10.3. The van der Waals surface area contributed by atoms with Crippen LogP contribution in [0.3, 0.4) is 0 Å². The summed E-state index contributed by atoms with van der Waals surface area (Å²) in [5.41, 5.74) is 1.36. The SMILES string of the molecule is CCCc1ccc(OCCNC2CCNC(=O)CC2)cc1. The fourth-order valence-electron chi connectivity index (χ4n) is 2.60. The Kier molecular flexibility index (Phi) is 6.54. The quantitative estimate of drug-likeness (QED) is 0.758. The summed E-state index contributed by atoms with van der Waals surface area (Å²) in [7, 11) is 0. The van der Waals surface area contributed by atoms with Gasteiger partial charge in [0.2, 0.25) is 5.91 Å². The maximum absolute atomic E-state index is 11.3. The lowest BCUT2D eigenvalue weighted by Gasteiger charge is -2.15. The molecule has 0 saturated carbocycles. The molecule has 1 amide bonds. The lowest BCUT2D eigenvalue weighted by molar-refractivity contribution is -0.120. The van der Waals surface area contributed by atoms with E-state index in [2.05, 4.69) is 29.7 Å². The topological polar surface area (TPSA) is 50.4 Å². The van der Waals surface area contributed by atoms with Gasteiger partial charge in [0, 0.05) is 25.6 Å². The van der Waals surface area contributed by atoms with Gasteiger partial charge in [-0.1, -0.05) is 25.5 Å². The van der Waals surface area contributed by atoms with E-state index in [1.54, 1.807) is 0 Å². The van der Waals surface area contributed by atoms with Crippen LogP contribution in [0.25, 0.3) is 0 Å². The minimum atomic E-state index is 0.169. The van der Waals surface area contributed by atoms with Crippen LogP contribution in [0, 0.1) is 0 Å². The van der Waals surface area contributed by atoms with Crippen molar-refractivity contribution in [2.75, 3.05) is 19.7 Å². The van der Waals surface area contributed by atoms with Gasteiger partial charge in [-0.2, -0.15) is 0 Å². The number of amides is 1. The van der Waals surface area contributed by atoms with Crippen LogP contribution in [0.4, 0.5) is 0 Å². The van der Waals surface area contributed by atoms with Crippen LogP contribution in [0.15, 0.2) is 24.3 Å². The van der Waals surface area contributed by atoms with Gasteiger partial charge in [-0.3, -0.25) is 4.79 Å². The van der Waals surface area contributed by atoms with Gasteiger partial charge < -0.3 is 15.4 Å². The molecule has 0 aliphatic carbocycles. The molecule has 2 rings (SSSR count). The summed E-state index contributed by atoms with van der Waals surface area (Å²) in [5.74, 6) is 1.09. The first-order valence-corrected chi connectivity index (χ1v) is 7.99. The van der Waals surface area contributed by atoms with Gasteiger partial charge in [-0.15, -0.1) is 0 Å². The molecular formula is C17H26N2O2. The first-order valence-electron chi connectivity index (χ1n) is 7.99. The summed E-state index contributed by atoms with van der Waals surface area (Å²) >= 11 is 0. The molecule has 1 aliphatic heterocycles. The number of aryl methyl sites for hydroxylation is 1. The molecule has 4 heteroatoms. The molecule has 1 atom stereocenters. The van der Waals surface area contributed by atoms with Crippen molar-refractivity contribution in [1.82, 2.24) is 10.6 Å². The molecule has 1 saturated heterocycles. The van der Waals surface area contributed by atoms with Crippen LogP contribution in [0.1, 0.15) is 38.2 Å². The normalized spacial score (nSPS) is 18.9. The molecule has 1 unspecified atom stereocenters. The third kappa shape index (κ3) is 5.76. The highest BCUT2D eigenvalue weighted by Crippen LogP contribution is 2.13. The van der Waals surface area contributed by atoms with Gasteiger partial charge in [0.1, 0.15) is 12.4 Å². The largest absolute Gasteiger partial charge is 0.492 e. The van der Waals surface area contributed by atoms with Gasteiger partial charge in [-0.25, -0.2) is 0 Å². The molecule has 116 valence electrons. The number of carbonyl (C=O) groups is 1. The van der Waals surface area contributed by atoms with Crippen LogP contribution in [0.5, 0.6) is 5.75 Å². The third-order valence-electron chi connectivity index (χ3n) is 3.80. The van der Waals surface area contributed by atoms with Gasteiger partial charge in [-0.05, 0) is 37.0 Å². The zero-order valence-corrected chi connectivity index (χ0v) is 12.9. The van der Waals surface area contributed by atoms with Crippen molar-refractivity contribution in [3.63, 3.8) is 0 Å². The molecule has 1 aromatic carbocycles. The summed E-state index contributed by atoms with van der Waals surface area (Å²) in [4.78, 5) is 11.3. The number of hydrogen-bond donors (Lipinski definition) is 2. The van der Waals surface area contributed by atoms with Gasteiger partial charge in [0.25, 0.3) is 0 Å². The molecule has 0 spiro atoms. The number of benzene rings is 1. The molecule has 1 fully saturated rings. The van der Waals surface area contributed by atoms with E-state index in [0.29, 0.717) is 19.1 Å². The molecule has 0 bridgehead atoms. The Labute approximate surface area is 127 Å². The lowest BCUT2D eigenvalue weighted by Crippen LogP contribution is -2.33. The minimum absolute atomic E-state index is 0.169. The zero-order chi connectivity index (χ0) is 14.9. The van der Waals surface area contributed by atoms with Crippen LogP contribution in [0.2, 0.25) is 0 Å². The van der Waals surface area contributed by atoms with Crippen molar-refractivity contribution in [3.8, 4) is 5.75 Å². The molecule has 2 N–H and O–H groups in total. The molecule has 21 heavy (non-hydrogen) atoms. The van der Waals surface area contributed by atoms with Crippen molar-refractivity contribution in [2.45, 2.75) is 45.1 Å². The first kappa shape index (κ1) is 15.8. The molecule has 1 aromatic rings. The predicted molar refractivity (Wildman–Crippen MR) is 84.6 cm³/mol. The number of rotatable bonds is 7. The lowest BCUT2D eigenvalue weighted by atomic mass is 10.1. The molecular weight excluding hydrogens is 264 g/mol. The van der Waals surface area contributed by atoms with E-state index < -0.39 is 0 Å². The third-order valence-corrected chi connectivity index (χ3v) is 3.80. The predicted octanol–water partition coefficient (Wildman–Crippen LogP) is 2.28. The summed E-state index contributed by atoms with van der Waals surface area (Å²) in [6.07, 6.45) is 4.82. The second kappa shape index (κ2) is 8.67. The monoisotopic (exact) mass is 290 g/mol. The van der Waals surface area contributed by atoms with E-state index in [1.807, 2.05) is 12.1 Å². The summed E-state index contributed by atoms with van der Waals surface area (Å²) < 4.78 is 5.74. The smallest absolute Gasteiger partial charge is 0.220 e. The number of nitrogens with one attached hydrogen (secondary N) is 2. The second-order valence-corrected chi connectivity index (χ2v) is 5.57. The average Bonchev–Trinajstić information content (AvgIpc) is 2.70. The van der Waals surface area contributed by atoms with E-state index in [1.165, 1.54) is 12.0 Å². The van der Waals surface area contributed by atoms with Gasteiger partial charge in [0.15, 0.2) is 0 Å². The highest BCUT2D eigenvalue weighted by Gasteiger charge is 2.14. The summed E-state index contributed by atoms with van der Waals surface area (Å²) in [5, 5.41) is 6.36. The van der Waals surface area contributed by atoms with E-state index in [0.717, 1.165) is 38.1 Å². The Morgan fingerprint density at radius 3 is 2.86 bits per heavy atom. The van der Waals surface area contributed by atoms with Crippen molar-refractivity contribution in [2.24, 2.45) is 0 Å². The Morgan fingerprint density at radius 1 is 1.29 bits per heavy atom. The standard InChI is InChI=1S/C17H26N2O2/c1-2-3-14-4-7-16(8-5-14)21-13-12-18-15-6-9-17(20)19-11-10-15/h4-5,7-8,15,18H,2-3,6,9-13H2,1H3,(H,19,20). The average molecular weight is 290 g/mol. The molecule has 0 radical (unpaired) electrons. The summed E-state index contributed by atoms with van der Waals surface area (Å²) in [6, 6.07) is 8.77. The molecule has 0 aromatic heterocycles. The number of ether oxygens (including phenoxy) is 1. The van der Waals surface area contributed by atoms with Crippen LogP contribution < -0.4 is 15.4 Å². The zero-order valence-electron chi connectivity index (χ0n) is 12.9. The molecule has 1 heterocycles.